The molecule has 1 aromatic carbocycles. The average Bonchev–Trinajstić information content (AvgIpc) is 3.17. The lowest BCUT2D eigenvalue weighted by Gasteiger charge is -2.06. The summed E-state index contributed by atoms with van der Waals surface area (Å²) in [4.78, 5) is 4.57. The lowest BCUT2D eigenvalue weighted by molar-refractivity contribution is 0.394. The van der Waals surface area contributed by atoms with Crippen molar-refractivity contribution in [3.63, 3.8) is 0 Å². The van der Waals surface area contributed by atoms with Gasteiger partial charge in [0.05, 0.1) is 20.3 Å². The fourth-order valence-electron chi connectivity index (χ4n) is 2.41. The van der Waals surface area contributed by atoms with E-state index in [1.165, 1.54) is 6.42 Å². The highest BCUT2D eigenvalue weighted by Crippen LogP contribution is 2.29. The maximum absolute atomic E-state index is 5.27. The lowest BCUT2D eigenvalue weighted by Crippen LogP contribution is -2.14. The summed E-state index contributed by atoms with van der Waals surface area (Å²) in [7, 11) is 3.26. The second-order valence-corrected chi connectivity index (χ2v) is 4.79. The molecule has 0 radical (unpaired) electrons. The monoisotopic (exact) mass is 274 g/mol. The molecular formula is C14H18N4O2. The molecule has 0 bridgehead atoms. The van der Waals surface area contributed by atoms with E-state index >= 15 is 0 Å². The number of methoxy groups -OCH3 is 2. The predicted molar refractivity (Wildman–Crippen MR) is 74.9 cm³/mol. The molecule has 1 fully saturated rings. The van der Waals surface area contributed by atoms with Crippen LogP contribution in [0.15, 0.2) is 18.2 Å². The van der Waals surface area contributed by atoms with Crippen LogP contribution >= 0.6 is 0 Å². The first-order chi connectivity index (χ1) is 9.80. The molecule has 106 valence electrons. The molecule has 1 atom stereocenters. The van der Waals surface area contributed by atoms with E-state index < -0.39 is 0 Å². The summed E-state index contributed by atoms with van der Waals surface area (Å²) in [5.74, 6) is 3.00. The van der Waals surface area contributed by atoms with Crippen molar-refractivity contribution in [2.45, 2.75) is 18.9 Å². The van der Waals surface area contributed by atoms with Crippen molar-refractivity contribution in [1.29, 1.82) is 0 Å². The van der Waals surface area contributed by atoms with Crippen molar-refractivity contribution < 1.29 is 9.47 Å². The van der Waals surface area contributed by atoms with Crippen LogP contribution < -0.4 is 14.8 Å². The highest BCUT2D eigenvalue weighted by Gasteiger charge is 2.20. The van der Waals surface area contributed by atoms with Crippen LogP contribution in [0.4, 0.5) is 0 Å². The van der Waals surface area contributed by atoms with Gasteiger partial charge in [-0.25, -0.2) is 4.98 Å². The highest BCUT2D eigenvalue weighted by molar-refractivity contribution is 5.60. The Kier molecular flexibility index (Phi) is 3.56. The zero-order valence-corrected chi connectivity index (χ0v) is 11.6. The molecule has 6 heteroatoms. The zero-order chi connectivity index (χ0) is 13.9. The van der Waals surface area contributed by atoms with Crippen molar-refractivity contribution in [2.75, 3.05) is 20.8 Å². The van der Waals surface area contributed by atoms with Crippen molar-refractivity contribution in [2.24, 2.45) is 0 Å². The topological polar surface area (TPSA) is 72.1 Å². The number of ether oxygens (including phenoxy) is 2. The molecule has 1 aliphatic rings. The van der Waals surface area contributed by atoms with E-state index in [-0.39, 0.29) is 6.04 Å². The van der Waals surface area contributed by atoms with Gasteiger partial charge in [-0.05, 0) is 31.5 Å². The minimum absolute atomic E-state index is 0.281. The van der Waals surface area contributed by atoms with Crippen molar-refractivity contribution in [1.82, 2.24) is 20.5 Å². The Morgan fingerprint density at radius 1 is 1.15 bits per heavy atom. The zero-order valence-electron chi connectivity index (χ0n) is 11.6. The summed E-state index contributed by atoms with van der Waals surface area (Å²) in [5, 5.41) is 10.7. The summed E-state index contributed by atoms with van der Waals surface area (Å²) < 4.78 is 10.5. The van der Waals surface area contributed by atoms with Crippen LogP contribution in [0.5, 0.6) is 11.5 Å². The van der Waals surface area contributed by atoms with Gasteiger partial charge in [-0.2, -0.15) is 5.10 Å². The Labute approximate surface area is 117 Å². The molecule has 2 aromatic rings. The van der Waals surface area contributed by atoms with Crippen molar-refractivity contribution in [3.8, 4) is 22.9 Å². The van der Waals surface area contributed by atoms with E-state index in [2.05, 4.69) is 20.5 Å². The average molecular weight is 274 g/mol. The summed E-state index contributed by atoms with van der Waals surface area (Å²) in [6, 6.07) is 5.91. The van der Waals surface area contributed by atoms with Gasteiger partial charge in [0.2, 0.25) is 0 Å². The quantitative estimate of drug-likeness (QED) is 0.891. The van der Waals surface area contributed by atoms with E-state index in [4.69, 9.17) is 9.47 Å². The summed E-state index contributed by atoms with van der Waals surface area (Å²) in [6.07, 6.45) is 2.27. The molecule has 2 heterocycles. The number of nitrogens with zero attached hydrogens (tertiary/aromatic N) is 2. The summed E-state index contributed by atoms with van der Waals surface area (Å²) in [5.41, 5.74) is 0.877. The van der Waals surface area contributed by atoms with Crippen LogP contribution in [0.25, 0.3) is 11.4 Å². The van der Waals surface area contributed by atoms with Crippen LogP contribution in [0.2, 0.25) is 0 Å². The Hall–Kier alpha value is -2.08. The molecule has 20 heavy (non-hydrogen) atoms. The summed E-state index contributed by atoms with van der Waals surface area (Å²) >= 11 is 0. The molecule has 1 aromatic heterocycles. The summed E-state index contributed by atoms with van der Waals surface area (Å²) in [6.45, 7) is 1.04. The van der Waals surface area contributed by atoms with Crippen LogP contribution in [0, 0.1) is 0 Å². The molecule has 0 aliphatic carbocycles. The number of hydrogen-bond acceptors (Lipinski definition) is 5. The van der Waals surface area contributed by atoms with Gasteiger partial charge in [-0.1, -0.05) is 0 Å². The third-order valence-electron chi connectivity index (χ3n) is 3.50. The van der Waals surface area contributed by atoms with Gasteiger partial charge in [-0.3, -0.25) is 5.10 Å². The van der Waals surface area contributed by atoms with E-state index in [0.29, 0.717) is 5.82 Å². The largest absolute Gasteiger partial charge is 0.497 e. The SMILES string of the molecule is COc1cc(OC)cc(-c2n[nH]c(C3CCCN3)n2)c1. The second kappa shape index (κ2) is 5.50. The number of benzene rings is 1. The minimum atomic E-state index is 0.281. The van der Waals surface area contributed by atoms with Gasteiger partial charge in [-0.15, -0.1) is 0 Å². The smallest absolute Gasteiger partial charge is 0.181 e. The Morgan fingerprint density at radius 2 is 1.90 bits per heavy atom. The third-order valence-corrected chi connectivity index (χ3v) is 3.50. The number of rotatable bonds is 4. The second-order valence-electron chi connectivity index (χ2n) is 4.79. The highest BCUT2D eigenvalue weighted by atomic mass is 16.5. The normalized spacial score (nSPS) is 18.2. The number of nitrogens with one attached hydrogen (secondary N) is 2. The van der Waals surface area contributed by atoms with Crippen LogP contribution in [0.1, 0.15) is 24.7 Å². The molecular weight excluding hydrogens is 256 g/mol. The van der Waals surface area contributed by atoms with Gasteiger partial charge in [0.15, 0.2) is 5.82 Å². The van der Waals surface area contributed by atoms with Crippen LogP contribution in [0.3, 0.4) is 0 Å². The predicted octanol–water partition coefficient (Wildman–Crippen LogP) is 1.91. The van der Waals surface area contributed by atoms with Gasteiger partial charge < -0.3 is 14.8 Å². The van der Waals surface area contributed by atoms with Crippen molar-refractivity contribution in [3.05, 3.63) is 24.0 Å². The number of H-pyrrole nitrogens is 1. The maximum Gasteiger partial charge on any atom is 0.181 e. The Morgan fingerprint density at radius 3 is 2.50 bits per heavy atom. The van der Waals surface area contributed by atoms with Crippen molar-refractivity contribution >= 4 is 0 Å². The molecule has 1 unspecified atom stereocenters. The minimum Gasteiger partial charge on any atom is -0.497 e. The molecule has 3 rings (SSSR count). The fourth-order valence-corrected chi connectivity index (χ4v) is 2.41. The first-order valence-corrected chi connectivity index (χ1v) is 6.69. The van der Waals surface area contributed by atoms with Gasteiger partial charge in [0.25, 0.3) is 0 Å². The first-order valence-electron chi connectivity index (χ1n) is 6.69. The van der Waals surface area contributed by atoms with Crippen LogP contribution in [-0.2, 0) is 0 Å². The number of hydrogen-bond donors (Lipinski definition) is 2. The van der Waals surface area contributed by atoms with Gasteiger partial charge in [0.1, 0.15) is 17.3 Å². The van der Waals surface area contributed by atoms with E-state index in [9.17, 15) is 0 Å². The van der Waals surface area contributed by atoms with Gasteiger partial charge in [0, 0.05) is 11.6 Å². The van der Waals surface area contributed by atoms with E-state index in [1.807, 2.05) is 18.2 Å². The first kappa shape index (κ1) is 12.9. The Balaban J connectivity index is 1.92. The van der Waals surface area contributed by atoms with E-state index in [1.54, 1.807) is 14.2 Å². The van der Waals surface area contributed by atoms with E-state index in [0.717, 1.165) is 35.9 Å². The molecule has 1 aliphatic heterocycles. The lowest BCUT2D eigenvalue weighted by atomic mass is 10.2. The maximum atomic E-state index is 5.27. The molecule has 2 N–H and O–H groups in total. The van der Waals surface area contributed by atoms with Crippen LogP contribution in [-0.4, -0.2) is 35.9 Å². The molecule has 6 nitrogen and oxygen atoms in total. The molecule has 0 spiro atoms. The molecule has 1 saturated heterocycles. The Bertz CT molecular complexity index is 568. The molecule has 0 saturated carbocycles. The third kappa shape index (κ3) is 2.46. The fraction of sp³-hybridized carbons (Fsp3) is 0.429. The molecule has 0 amide bonds. The number of aromatic amines is 1. The van der Waals surface area contributed by atoms with Gasteiger partial charge >= 0.3 is 0 Å². The number of aromatic nitrogens is 3. The standard InChI is InChI=1S/C14H18N4O2/c1-19-10-6-9(7-11(8-10)20-2)13-16-14(18-17-13)12-4-3-5-15-12/h6-8,12,15H,3-5H2,1-2H3,(H,16,17,18).